The summed E-state index contributed by atoms with van der Waals surface area (Å²) in [5.74, 6) is 1.26. The average molecular weight is 517 g/mol. The molecule has 0 atom stereocenters. The summed E-state index contributed by atoms with van der Waals surface area (Å²) in [6.45, 7) is 3.55. The van der Waals surface area contributed by atoms with Crippen molar-refractivity contribution < 1.29 is 14.3 Å². The molecule has 0 spiro atoms. The van der Waals surface area contributed by atoms with Crippen LogP contribution in [0.3, 0.4) is 0 Å². The highest BCUT2D eigenvalue weighted by molar-refractivity contribution is 6.04. The van der Waals surface area contributed by atoms with Gasteiger partial charge in [0.2, 0.25) is 5.95 Å². The molecular weight excluding hydrogens is 484 g/mol. The summed E-state index contributed by atoms with van der Waals surface area (Å²) in [7, 11) is 7.14. The Balaban J connectivity index is 1.59. The third-order valence-electron chi connectivity index (χ3n) is 6.04. The molecule has 198 valence electrons. The number of hydrogen-bond acceptors (Lipinski definition) is 8. The number of benzene rings is 2. The molecule has 0 unspecified atom stereocenters. The number of carbonyl (C=O) groups excluding carboxylic acids is 1. The van der Waals surface area contributed by atoms with Gasteiger partial charge in [-0.15, -0.1) is 0 Å². The number of hydrogen-bond donors (Lipinski definition) is 2. The van der Waals surface area contributed by atoms with Gasteiger partial charge in [0.05, 0.1) is 25.6 Å². The van der Waals surface area contributed by atoms with Crippen molar-refractivity contribution in [3.63, 3.8) is 0 Å². The fraction of sp³-hybridized carbons (Fsp3) is 0.286. The summed E-state index contributed by atoms with van der Waals surface area (Å²) >= 11 is 0. The van der Waals surface area contributed by atoms with Gasteiger partial charge in [0.25, 0.3) is 11.5 Å². The van der Waals surface area contributed by atoms with Crippen molar-refractivity contribution in [2.75, 3.05) is 52.0 Å². The number of nitrogens with one attached hydrogen (secondary N) is 2. The van der Waals surface area contributed by atoms with Crippen molar-refractivity contribution in [2.45, 2.75) is 13.3 Å². The lowest BCUT2D eigenvalue weighted by Gasteiger charge is -2.14. The molecule has 0 saturated heterocycles. The van der Waals surface area contributed by atoms with E-state index < -0.39 is 0 Å². The fourth-order valence-corrected chi connectivity index (χ4v) is 4.07. The molecule has 0 aliphatic heterocycles. The number of aromatic nitrogens is 3. The maximum absolute atomic E-state index is 12.9. The predicted molar refractivity (Wildman–Crippen MR) is 149 cm³/mol. The molecule has 38 heavy (non-hydrogen) atoms. The lowest BCUT2D eigenvalue weighted by atomic mass is 10.1. The second kappa shape index (κ2) is 11.7. The first-order chi connectivity index (χ1) is 18.3. The molecular formula is C28H32N6O4. The highest BCUT2D eigenvalue weighted by Gasteiger charge is 2.14. The lowest BCUT2D eigenvalue weighted by Crippen LogP contribution is -2.20. The zero-order chi connectivity index (χ0) is 27.2. The summed E-state index contributed by atoms with van der Waals surface area (Å²) in [5, 5.41) is 6.89. The number of amides is 1. The number of methoxy groups -OCH3 is 2. The van der Waals surface area contributed by atoms with Crippen LogP contribution in [0.15, 0.2) is 59.4 Å². The van der Waals surface area contributed by atoms with Crippen LogP contribution in [0.4, 0.5) is 11.6 Å². The van der Waals surface area contributed by atoms with Gasteiger partial charge < -0.3 is 25.0 Å². The maximum atomic E-state index is 12.9. The molecule has 10 heteroatoms. The minimum absolute atomic E-state index is 0.225. The van der Waals surface area contributed by atoms with Crippen LogP contribution in [0.5, 0.6) is 11.5 Å². The van der Waals surface area contributed by atoms with E-state index in [0.29, 0.717) is 46.6 Å². The Bertz CT molecular complexity index is 1500. The van der Waals surface area contributed by atoms with Crippen LogP contribution in [0.2, 0.25) is 0 Å². The third kappa shape index (κ3) is 5.92. The summed E-state index contributed by atoms with van der Waals surface area (Å²) in [4.78, 5) is 37.1. The van der Waals surface area contributed by atoms with Crippen LogP contribution in [0.25, 0.3) is 16.7 Å². The molecule has 2 aromatic heterocycles. The lowest BCUT2D eigenvalue weighted by molar-refractivity contribution is 0.102. The number of anilines is 2. The molecule has 4 rings (SSSR count). The molecule has 0 radical (unpaired) electrons. The van der Waals surface area contributed by atoms with Gasteiger partial charge in [-0.1, -0.05) is 0 Å². The number of ether oxygens (including phenoxy) is 2. The van der Waals surface area contributed by atoms with E-state index in [1.54, 1.807) is 55.6 Å². The summed E-state index contributed by atoms with van der Waals surface area (Å²) in [6, 6.07) is 15.2. The Morgan fingerprint density at radius 3 is 2.39 bits per heavy atom. The van der Waals surface area contributed by atoms with Crippen molar-refractivity contribution in [2.24, 2.45) is 0 Å². The normalized spacial score (nSPS) is 11.0. The number of aryl methyl sites for hydroxylation is 1. The topological polar surface area (TPSA) is 111 Å². The quantitative estimate of drug-likeness (QED) is 0.307. The fourth-order valence-electron chi connectivity index (χ4n) is 4.07. The predicted octanol–water partition coefficient (Wildman–Crippen LogP) is 3.72. The van der Waals surface area contributed by atoms with Gasteiger partial charge in [-0.25, -0.2) is 4.98 Å². The average Bonchev–Trinajstić information content (AvgIpc) is 2.91. The van der Waals surface area contributed by atoms with E-state index >= 15 is 0 Å². The number of nitrogens with zero attached hydrogens (tertiary/aromatic N) is 4. The highest BCUT2D eigenvalue weighted by Crippen LogP contribution is 2.30. The van der Waals surface area contributed by atoms with E-state index in [0.717, 1.165) is 24.0 Å². The smallest absolute Gasteiger partial charge is 0.256 e. The van der Waals surface area contributed by atoms with Gasteiger partial charge in [-0.2, -0.15) is 4.98 Å². The van der Waals surface area contributed by atoms with E-state index in [1.165, 1.54) is 17.7 Å². The molecule has 2 heterocycles. The van der Waals surface area contributed by atoms with Gasteiger partial charge in [0.1, 0.15) is 0 Å². The molecule has 0 fully saturated rings. The first kappa shape index (κ1) is 26.6. The van der Waals surface area contributed by atoms with E-state index in [9.17, 15) is 9.59 Å². The van der Waals surface area contributed by atoms with E-state index in [2.05, 4.69) is 25.5 Å². The molecule has 10 nitrogen and oxygen atoms in total. The third-order valence-corrected chi connectivity index (χ3v) is 6.04. The van der Waals surface area contributed by atoms with Crippen molar-refractivity contribution >= 4 is 28.6 Å². The van der Waals surface area contributed by atoms with Crippen LogP contribution in [0.1, 0.15) is 22.5 Å². The SMILES string of the molecule is COc1ccc(NC(=O)c2ccc(-n3c(=O)ccc4c(C)nc(NCCCN(C)C)nc43)cc2)cc1OC. The first-order valence-electron chi connectivity index (χ1n) is 12.2. The Morgan fingerprint density at radius 1 is 0.974 bits per heavy atom. The molecule has 2 aromatic carbocycles. The van der Waals surface area contributed by atoms with Crippen LogP contribution < -0.4 is 25.7 Å². The molecule has 2 N–H and O–H groups in total. The highest BCUT2D eigenvalue weighted by atomic mass is 16.5. The van der Waals surface area contributed by atoms with Gasteiger partial charge in [-0.05, 0) is 76.4 Å². The summed E-state index contributed by atoms with van der Waals surface area (Å²) < 4.78 is 12.1. The zero-order valence-electron chi connectivity index (χ0n) is 22.2. The second-order valence-corrected chi connectivity index (χ2v) is 9.03. The van der Waals surface area contributed by atoms with E-state index in [4.69, 9.17) is 9.47 Å². The molecule has 0 saturated carbocycles. The Labute approximate surface area is 221 Å². The van der Waals surface area contributed by atoms with Crippen molar-refractivity contribution in [1.29, 1.82) is 0 Å². The van der Waals surface area contributed by atoms with Gasteiger partial charge >= 0.3 is 0 Å². The van der Waals surface area contributed by atoms with E-state index in [1.807, 2.05) is 21.0 Å². The standard InChI is InChI=1S/C28H32N6O4/c1-18-22-12-14-25(35)34(26(22)32-28(30-18)29-15-6-16-33(2)3)21-10-7-19(8-11-21)27(36)31-20-9-13-23(37-4)24(17-20)38-5/h7-14,17H,6,15-16H2,1-5H3,(H,31,36)(H,29,30,32). The van der Waals surface area contributed by atoms with E-state index in [-0.39, 0.29) is 11.5 Å². The number of fused-ring (bicyclic) bond motifs is 1. The first-order valence-corrected chi connectivity index (χ1v) is 12.2. The maximum Gasteiger partial charge on any atom is 0.256 e. The Hall–Kier alpha value is -4.44. The van der Waals surface area contributed by atoms with Crippen LogP contribution in [-0.2, 0) is 0 Å². The molecule has 1 amide bonds. The molecule has 0 aliphatic carbocycles. The molecule has 0 aliphatic rings. The van der Waals surface area contributed by atoms with Crippen LogP contribution in [-0.4, -0.2) is 66.7 Å². The molecule has 4 aromatic rings. The zero-order valence-corrected chi connectivity index (χ0v) is 22.2. The molecule has 0 bridgehead atoms. The Morgan fingerprint density at radius 2 is 1.71 bits per heavy atom. The van der Waals surface area contributed by atoms with Gasteiger partial charge in [0, 0.05) is 35.3 Å². The van der Waals surface area contributed by atoms with Gasteiger partial charge in [0.15, 0.2) is 17.1 Å². The second-order valence-electron chi connectivity index (χ2n) is 9.03. The number of pyridine rings is 1. The number of carbonyl (C=O) groups is 1. The van der Waals surface area contributed by atoms with Crippen molar-refractivity contribution in [3.05, 3.63) is 76.2 Å². The van der Waals surface area contributed by atoms with Crippen molar-refractivity contribution in [3.8, 4) is 17.2 Å². The van der Waals surface area contributed by atoms with Crippen LogP contribution >= 0.6 is 0 Å². The van der Waals surface area contributed by atoms with Gasteiger partial charge in [-0.3, -0.25) is 14.2 Å². The largest absolute Gasteiger partial charge is 0.493 e. The summed E-state index contributed by atoms with van der Waals surface area (Å²) in [5.41, 5.74) is 2.65. The number of rotatable bonds is 10. The van der Waals surface area contributed by atoms with Crippen molar-refractivity contribution in [1.82, 2.24) is 19.4 Å². The monoisotopic (exact) mass is 516 g/mol. The van der Waals surface area contributed by atoms with Crippen LogP contribution in [0, 0.1) is 6.92 Å². The minimum Gasteiger partial charge on any atom is -0.493 e. The Kier molecular flexibility index (Phi) is 8.22. The minimum atomic E-state index is -0.295. The summed E-state index contributed by atoms with van der Waals surface area (Å²) in [6.07, 6.45) is 0.932.